The van der Waals surface area contributed by atoms with Gasteiger partial charge in [0.2, 0.25) is 0 Å². The second kappa shape index (κ2) is 5.57. The Balaban J connectivity index is 2.16. The quantitative estimate of drug-likeness (QED) is 0.929. The van der Waals surface area contributed by atoms with Crippen molar-refractivity contribution in [1.82, 2.24) is 9.59 Å². The van der Waals surface area contributed by atoms with E-state index < -0.39 is 0 Å². The van der Waals surface area contributed by atoms with Crippen LogP contribution in [0.4, 0.5) is 5.00 Å². The molecule has 0 amide bonds. The Labute approximate surface area is 118 Å². The van der Waals surface area contributed by atoms with Crippen LogP contribution in [0.15, 0.2) is 24.3 Å². The zero-order valence-electron chi connectivity index (χ0n) is 11.7. The maximum atomic E-state index is 5.91. The van der Waals surface area contributed by atoms with E-state index in [1.54, 1.807) is 0 Å². The zero-order chi connectivity index (χ0) is 13.9. The highest BCUT2D eigenvalue weighted by Crippen LogP contribution is 2.31. The summed E-state index contributed by atoms with van der Waals surface area (Å²) in [5.74, 6) is 0.907. The molecule has 0 spiro atoms. The molecule has 2 aromatic rings. The molecule has 0 aliphatic carbocycles. The van der Waals surface area contributed by atoms with Crippen molar-refractivity contribution in [3.63, 3.8) is 0 Å². The summed E-state index contributed by atoms with van der Waals surface area (Å²) in [6.45, 7) is 6.97. The first-order valence-corrected chi connectivity index (χ1v) is 7.01. The molecule has 1 aromatic heterocycles. The molecule has 0 saturated carbocycles. The van der Waals surface area contributed by atoms with E-state index in [1.807, 2.05) is 25.2 Å². The fourth-order valence-corrected chi connectivity index (χ4v) is 2.37. The molecule has 0 atom stereocenters. The summed E-state index contributed by atoms with van der Waals surface area (Å²) in [4.78, 5) is 0. The molecule has 2 rings (SSSR count). The van der Waals surface area contributed by atoms with Crippen molar-refractivity contribution in [2.24, 2.45) is 0 Å². The molecule has 0 saturated heterocycles. The summed E-state index contributed by atoms with van der Waals surface area (Å²) in [6.07, 6.45) is 0. The van der Waals surface area contributed by atoms with E-state index in [1.165, 1.54) is 17.1 Å². The van der Waals surface area contributed by atoms with Crippen molar-refractivity contribution in [3.05, 3.63) is 35.5 Å². The van der Waals surface area contributed by atoms with Crippen LogP contribution in [0.2, 0.25) is 0 Å². The van der Waals surface area contributed by atoms with Crippen molar-refractivity contribution in [2.45, 2.75) is 32.8 Å². The predicted molar refractivity (Wildman–Crippen MR) is 78.9 cm³/mol. The molecule has 1 N–H and O–H groups in total. The third kappa shape index (κ3) is 3.23. The standard InChI is InChI=1S/C14H19N3OS/c1-14(2,3)10-7-5-6-8-12(10)18-9-11-13(15-4)19-17-16-11/h5-8,15H,9H2,1-4H3. The molecule has 0 fully saturated rings. The fourth-order valence-electron chi connectivity index (χ4n) is 1.85. The smallest absolute Gasteiger partial charge is 0.136 e. The summed E-state index contributed by atoms with van der Waals surface area (Å²) < 4.78 is 9.84. The van der Waals surface area contributed by atoms with Gasteiger partial charge >= 0.3 is 0 Å². The first-order chi connectivity index (χ1) is 9.02. The molecule has 5 heteroatoms. The lowest BCUT2D eigenvalue weighted by Gasteiger charge is -2.22. The number of anilines is 1. The second-order valence-corrected chi connectivity index (χ2v) is 6.09. The number of aromatic nitrogens is 2. The summed E-state index contributed by atoms with van der Waals surface area (Å²) in [5.41, 5.74) is 2.10. The first kappa shape index (κ1) is 13.8. The van der Waals surface area contributed by atoms with Crippen LogP contribution >= 0.6 is 11.5 Å². The van der Waals surface area contributed by atoms with E-state index in [0.717, 1.165) is 16.4 Å². The van der Waals surface area contributed by atoms with Crippen molar-refractivity contribution in [3.8, 4) is 5.75 Å². The molecule has 0 bridgehead atoms. The minimum absolute atomic E-state index is 0.0583. The third-order valence-corrected chi connectivity index (χ3v) is 3.63. The van der Waals surface area contributed by atoms with Gasteiger partial charge in [0.15, 0.2) is 0 Å². The second-order valence-electron chi connectivity index (χ2n) is 5.33. The number of nitrogens with zero attached hydrogens (tertiary/aromatic N) is 2. The lowest BCUT2D eigenvalue weighted by atomic mass is 9.86. The van der Waals surface area contributed by atoms with E-state index >= 15 is 0 Å². The lowest BCUT2D eigenvalue weighted by Crippen LogP contribution is -2.13. The molecule has 0 aliphatic rings. The van der Waals surface area contributed by atoms with Crippen molar-refractivity contribution in [1.29, 1.82) is 0 Å². The van der Waals surface area contributed by atoms with Crippen molar-refractivity contribution < 1.29 is 4.74 Å². The average molecular weight is 277 g/mol. The molecule has 0 aliphatic heterocycles. The Morgan fingerprint density at radius 1 is 1.26 bits per heavy atom. The Morgan fingerprint density at radius 3 is 2.68 bits per heavy atom. The van der Waals surface area contributed by atoms with Crippen LogP contribution in [0, 0.1) is 0 Å². The maximum absolute atomic E-state index is 5.91. The van der Waals surface area contributed by atoms with Gasteiger partial charge in [0.05, 0.1) is 0 Å². The molecular formula is C14H19N3OS. The maximum Gasteiger partial charge on any atom is 0.136 e. The highest BCUT2D eigenvalue weighted by molar-refractivity contribution is 7.10. The minimum Gasteiger partial charge on any atom is -0.487 e. The molecule has 4 nitrogen and oxygen atoms in total. The number of ether oxygens (including phenoxy) is 1. The van der Waals surface area contributed by atoms with Crippen LogP contribution in [0.25, 0.3) is 0 Å². The van der Waals surface area contributed by atoms with Gasteiger partial charge in [-0.25, -0.2) is 0 Å². The Kier molecular flexibility index (Phi) is 4.04. The summed E-state index contributed by atoms with van der Waals surface area (Å²) >= 11 is 1.34. The van der Waals surface area contributed by atoms with Crippen LogP contribution in [-0.2, 0) is 12.0 Å². The molecular weight excluding hydrogens is 258 g/mol. The van der Waals surface area contributed by atoms with Crippen LogP contribution in [0.3, 0.4) is 0 Å². The van der Waals surface area contributed by atoms with E-state index in [0.29, 0.717) is 6.61 Å². The fraction of sp³-hybridized carbons (Fsp3) is 0.429. The zero-order valence-corrected chi connectivity index (χ0v) is 12.5. The highest BCUT2D eigenvalue weighted by atomic mass is 32.1. The average Bonchev–Trinajstić information content (AvgIpc) is 2.83. The molecule has 0 radical (unpaired) electrons. The van der Waals surface area contributed by atoms with Gasteiger partial charge in [-0.15, -0.1) is 5.10 Å². The lowest BCUT2D eigenvalue weighted by molar-refractivity contribution is 0.293. The third-order valence-electron chi connectivity index (χ3n) is 2.84. The van der Waals surface area contributed by atoms with Gasteiger partial charge in [0.25, 0.3) is 0 Å². The van der Waals surface area contributed by atoms with Gasteiger partial charge in [-0.05, 0) is 17.0 Å². The van der Waals surface area contributed by atoms with Crippen LogP contribution < -0.4 is 10.1 Å². The topological polar surface area (TPSA) is 47.0 Å². The Morgan fingerprint density at radius 2 is 2.00 bits per heavy atom. The van der Waals surface area contributed by atoms with E-state index in [4.69, 9.17) is 4.74 Å². The van der Waals surface area contributed by atoms with Gasteiger partial charge in [-0.2, -0.15) is 0 Å². The molecule has 0 unspecified atom stereocenters. The minimum atomic E-state index is 0.0583. The number of para-hydroxylation sites is 1. The van der Waals surface area contributed by atoms with Crippen LogP contribution in [-0.4, -0.2) is 16.6 Å². The normalized spacial score (nSPS) is 11.4. The van der Waals surface area contributed by atoms with Gasteiger partial charge < -0.3 is 10.1 Å². The Bertz CT molecular complexity index is 546. The molecule has 1 aromatic carbocycles. The summed E-state index contributed by atoms with van der Waals surface area (Å²) in [6, 6.07) is 8.13. The Hall–Kier alpha value is -1.62. The van der Waals surface area contributed by atoms with Gasteiger partial charge in [0, 0.05) is 18.6 Å². The monoisotopic (exact) mass is 277 g/mol. The summed E-state index contributed by atoms with van der Waals surface area (Å²) in [7, 11) is 1.86. The van der Waals surface area contributed by atoms with Crippen LogP contribution in [0.1, 0.15) is 32.0 Å². The van der Waals surface area contributed by atoms with Crippen LogP contribution in [0.5, 0.6) is 5.75 Å². The molecule has 102 valence electrons. The number of hydrogen-bond acceptors (Lipinski definition) is 5. The van der Waals surface area contributed by atoms with E-state index in [9.17, 15) is 0 Å². The number of hydrogen-bond donors (Lipinski definition) is 1. The largest absolute Gasteiger partial charge is 0.487 e. The first-order valence-electron chi connectivity index (χ1n) is 6.23. The van der Waals surface area contributed by atoms with Crippen molar-refractivity contribution >= 4 is 16.5 Å². The summed E-state index contributed by atoms with van der Waals surface area (Å²) in [5, 5.41) is 8.10. The van der Waals surface area contributed by atoms with Gasteiger partial charge in [0.1, 0.15) is 23.1 Å². The van der Waals surface area contributed by atoms with Gasteiger partial charge in [-0.3, -0.25) is 0 Å². The predicted octanol–water partition coefficient (Wildman–Crippen LogP) is 3.46. The van der Waals surface area contributed by atoms with E-state index in [2.05, 4.69) is 41.7 Å². The van der Waals surface area contributed by atoms with Crippen molar-refractivity contribution in [2.75, 3.05) is 12.4 Å². The van der Waals surface area contributed by atoms with Gasteiger partial charge in [-0.1, -0.05) is 43.5 Å². The SMILES string of the molecule is CNc1snnc1COc1ccccc1C(C)(C)C. The molecule has 1 heterocycles. The highest BCUT2D eigenvalue weighted by Gasteiger charge is 2.18. The molecule has 19 heavy (non-hydrogen) atoms. The van der Waals surface area contributed by atoms with E-state index in [-0.39, 0.29) is 5.41 Å². The number of benzene rings is 1. The number of nitrogens with one attached hydrogen (secondary N) is 1. The number of rotatable bonds is 4.